The fourth-order valence-electron chi connectivity index (χ4n) is 4.14. The molecule has 2 aliphatic rings. The molecule has 1 atom stereocenters. The fourth-order valence-corrected chi connectivity index (χ4v) is 4.14. The van der Waals surface area contributed by atoms with Gasteiger partial charge in [0.05, 0.1) is 24.1 Å². The molecule has 5 heteroatoms. The van der Waals surface area contributed by atoms with Crippen LogP contribution in [0.1, 0.15) is 39.6 Å². The van der Waals surface area contributed by atoms with E-state index in [1.54, 1.807) is 30.5 Å². The van der Waals surface area contributed by atoms with E-state index in [2.05, 4.69) is 29.8 Å². The normalized spacial score (nSPS) is 17.3. The number of anilines is 1. The fraction of sp³-hybridized carbons (Fsp3) is 0.167. The summed E-state index contributed by atoms with van der Waals surface area (Å²) in [6.45, 7) is 4.10. The predicted molar refractivity (Wildman–Crippen MR) is 111 cm³/mol. The highest BCUT2D eigenvalue weighted by atomic mass is 16.5. The van der Waals surface area contributed by atoms with E-state index in [9.17, 15) is 4.79 Å². The van der Waals surface area contributed by atoms with E-state index in [0.717, 1.165) is 18.4 Å². The summed E-state index contributed by atoms with van der Waals surface area (Å²) < 4.78 is 11.9. The van der Waals surface area contributed by atoms with Crippen molar-refractivity contribution < 1.29 is 14.3 Å². The second-order valence-corrected chi connectivity index (χ2v) is 7.19. The van der Waals surface area contributed by atoms with Gasteiger partial charge >= 0.3 is 0 Å². The summed E-state index contributed by atoms with van der Waals surface area (Å²) in [6.07, 6.45) is 5.17. The molecule has 2 aromatic carbocycles. The Morgan fingerprint density at radius 3 is 2.79 bits per heavy atom. The molecule has 5 rings (SSSR count). The van der Waals surface area contributed by atoms with Gasteiger partial charge < -0.3 is 9.47 Å². The lowest BCUT2D eigenvalue weighted by atomic mass is 10.1. The smallest absolute Gasteiger partial charge is 0.263 e. The number of rotatable bonds is 4. The number of nitrogens with zero attached hydrogens (tertiary/aromatic N) is 2. The van der Waals surface area contributed by atoms with E-state index in [0.29, 0.717) is 28.4 Å². The van der Waals surface area contributed by atoms with Crippen molar-refractivity contribution in [1.82, 2.24) is 4.98 Å². The van der Waals surface area contributed by atoms with Crippen LogP contribution in [-0.2, 0) is 6.42 Å². The highest BCUT2D eigenvalue weighted by Gasteiger charge is 2.33. The topological polar surface area (TPSA) is 51.7 Å². The molecule has 1 unspecified atom stereocenters. The number of aromatic nitrogens is 1. The summed E-state index contributed by atoms with van der Waals surface area (Å²) in [5.74, 6) is 1.13. The highest BCUT2D eigenvalue weighted by molar-refractivity contribution is 6.21. The molecule has 0 saturated heterocycles. The zero-order valence-electron chi connectivity index (χ0n) is 16.1. The first-order valence-corrected chi connectivity index (χ1v) is 9.57. The Hall–Kier alpha value is -3.60. The first-order valence-electron chi connectivity index (χ1n) is 9.57. The van der Waals surface area contributed by atoms with Crippen molar-refractivity contribution in [2.45, 2.75) is 18.9 Å². The van der Waals surface area contributed by atoms with Gasteiger partial charge in [-0.15, -0.1) is 0 Å². The molecule has 1 aliphatic carbocycles. The SMILES string of the molecule is C=C1c2cnccc2C(=O)N1c1ccc(OC)c(OC2CCc3ccccc32)c1. The zero-order chi connectivity index (χ0) is 20.0. The van der Waals surface area contributed by atoms with Crippen LogP contribution in [0.2, 0.25) is 0 Å². The molecule has 0 spiro atoms. The lowest BCUT2D eigenvalue weighted by molar-refractivity contribution is 0.101. The molecule has 0 saturated carbocycles. The second-order valence-electron chi connectivity index (χ2n) is 7.19. The molecule has 3 aromatic rings. The number of hydrogen-bond acceptors (Lipinski definition) is 4. The maximum Gasteiger partial charge on any atom is 0.263 e. The Bertz CT molecular complexity index is 1100. The van der Waals surface area contributed by atoms with E-state index in [1.165, 1.54) is 11.1 Å². The number of methoxy groups -OCH3 is 1. The van der Waals surface area contributed by atoms with Crippen molar-refractivity contribution in [3.63, 3.8) is 0 Å². The van der Waals surface area contributed by atoms with Crippen molar-refractivity contribution in [3.8, 4) is 11.5 Å². The maximum absolute atomic E-state index is 12.9. The molecule has 0 bridgehead atoms. The van der Waals surface area contributed by atoms with Gasteiger partial charge in [-0.1, -0.05) is 30.8 Å². The molecule has 2 heterocycles. The Kier molecular flexibility index (Phi) is 4.09. The summed E-state index contributed by atoms with van der Waals surface area (Å²) in [7, 11) is 1.62. The quantitative estimate of drug-likeness (QED) is 0.649. The maximum atomic E-state index is 12.9. The molecule has 0 fully saturated rings. The Morgan fingerprint density at radius 2 is 1.97 bits per heavy atom. The number of hydrogen-bond donors (Lipinski definition) is 0. The number of ether oxygens (including phenoxy) is 2. The van der Waals surface area contributed by atoms with Crippen molar-refractivity contribution in [3.05, 3.63) is 89.8 Å². The van der Waals surface area contributed by atoms with Gasteiger partial charge in [0.1, 0.15) is 6.10 Å². The molecule has 29 heavy (non-hydrogen) atoms. The third kappa shape index (κ3) is 2.78. The van der Waals surface area contributed by atoms with Gasteiger partial charge in [0, 0.05) is 24.0 Å². The minimum atomic E-state index is -0.116. The molecule has 1 aliphatic heterocycles. The van der Waals surface area contributed by atoms with Crippen LogP contribution in [0.25, 0.3) is 5.70 Å². The van der Waals surface area contributed by atoms with Crippen LogP contribution in [0.5, 0.6) is 11.5 Å². The van der Waals surface area contributed by atoms with E-state index in [4.69, 9.17) is 9.47 Å². The van der Waals surface area contributed by atoms with Crippen LogP contribution < -0.4 is 14.4 Å². The monoisotopic (exact) mass is 384 g/mol. The molecule has 0 N–H and O–H groups in total. The highest BCUT2D eigenvalue weighted by Crippen LogP contribution is 2.42. The number of carbonyl (C=O) groups is 1. The van der Waals surface area contributed by atoms with Gasteiger partial charge in [-0.2, -0.15) is 0 Å². The van der Waals surface area contributed by atoms with Gasteiger partial charge in [0.15, 0.2) is 11.5 Å². The number of aryl methyl sites for hydroxylation is 1. The van der Waals surface area contributed by atoms with Crippen LogP contribution in [0.15, 0.2) is 67.5 Å². The standard InChI is InChI=1S/C24H20N2O3/c1-15-20-14-25-12-11-19(20)24(27)26(15)17-8-10-22(28-2)23(13-17)29-21-9-7-16-5-3-4-6-18(16)21/h3-6,8,10-14,21H,1,7,9H2,2H3. The van der Waals surface area contributed by atoms with Crippen LogP contribution in [-0.4, -0.2) is 18.0 Å². The molecule has 5 nitrogen and oxygen atoms in total. The van der Waals surface area contributed by atoms with E-state index < -0.39 is 0 Å². The second kappa shape index (κ2) is 6.78. The summed E-state index contributed by atoms with van der Waals surface area (Å²) in [5, 5.41) is 0. The number of benzene rings is 2. The van der Waals surface area contributed by atoms with Gasteiger partial charge in [-0.05, 0) is 42.2 Å². The lowest BCUT2D eigenvalue weighted by Crippen LogP contribution is -2.22. The van der Waals surface area contributed by atoms with Gasteiger partial charge in [-0.3, -0.25) is 14.7 Å². The van der Waals surface area contributed by atoms with Crippen molar-refractivity contribution in [1.29, 1.82) is 0 Å². The summed E-state index contributed by atoms with van der Waals surface area (Å²) in [6, 6.07) is 15.6. The number of pyridine rings is 1. The minimum absolute atomic E-state index is 0.0331. The molecular weight excluding hydrogens is 364 g/mol. The lowest BCUT2D eigenvalue weighted by Gasteiger charge is -2.22. The van der Waals surface area contributed by atoms with Gasteiger partial charge in [0.25, 0.3) is 5.91 Å². The molecular formula is C24H20N2O3. The average molecular weight is 384 g/mol. The van der Waals surface area contributed by atoms with E-state index >= 15 is 0 Å². The molecule has 144 valence electrons. The Morgan fingerprint density at radius 1 is 1.10 bits per heavy atom. The van der Waals surface area contributed by atoms with Crippen molar-refractivity contribution in [2.75, 3.05) is 12.0 Å². The minimum Gasteiger partial charge on any atom is -0.493 e. The molecule has 0 radical (unpaired) electrons. The third-order valence-electron chi connectivity index (χ3n) is 5.59. The molecule has 1 amide bonds. The Balaban J connectivity index is 1.50. The third-order valence-corrected chi connectivity index (χ3v) is 5.59. The van der Waals surface area contributed by atoms with Crippen LogP contribution in [0, 0.1) is 0 Å². The summed E-state index contributed by atoms with van der Waals surface area (Å²) in [4.78, 5) is 18.7. The summed E-state index contributed by atoms with van der Waals surface area (Å²) in [5.41, 5.74) is 5.19. The molecule has 1 aromatic heterocycles. The zero-order valence-corrected chi connectivity index (χ0v) is 16.1. The van der Waals surface area contributed by atoms with Crippen LogP contribution >= 0.6 is 0 Å². The van der Waals surface area contributed by atoms with Crippen molar-refractivity contribution >= 4 is 17.3 Å². The first-order chi connectivity index (χ1) is 14.2. The largest absolute Gasteiger partial charge is 0.493 e. The average Bonchev–Trinajstić information content (AvgIpc) is 3.27. The van der Waals surface area contributed by atoms with Crippen LogP contribution in [0.4, 0.5) is 5.69 Å². The van der Waals surface area contributed by atoms with Crippen molar-refractivity contribution in [2.24, 2.45) is 0 Å². The Labute approximate surface area is 169 Å². The van der Waals surface area contributed by atoms with E-state index in [1.807, 2.05) is 24.3 Å². The van der Waals surface area contributed by atoms with E-state index in [-0.39, 0.29) is 12.0 Å². The number of amides is 1. The summed E-state index contributed by atoms with van der Waals surface area (Å²) >= 11 is 0. The number of carbonyl (C=O) groups excluding carboxylic acids is 1. The first kappa shape index (κ1) is 17.5. The van der Waals surface area contributed by atoms with Gasteiger partial charge in [-0.25, -0.2) is 0 Å². The van der Waals surface area contributed by atoms with Gasteiger partial charge in [0.2, 0.25) is 0 Å². The number of fused-ring (bicyclic) bond motifs is 2. The predicted octanol–water partition coefficient (Wildman–Crippen LogP) is 4.79. The van der Waals surface area contributed by atoms with Crippen LogP contribution in [0.3, 0.4) is 0 Å².